The van der Waals surface area contributed by atoms with Crippen LogP contribution in [0.15, 0.2) is 42.5 Å². The van der Waals surface area contributed by atoms with E-state index in [1.807, 2.05) is 6.26 Å². The zero-order valence-electron chi connectivity index (χ0n) is 17.8. The fourth-order valence-electron chi connectivity index (χ4n) is 2.75. The van der Waals surface area contributed by atoms with Crippen molar-refractivity contribution >= 4 is 29.3 Å². The second-order valence-corrected chi connectivity index (χ2v) is 7.68. The van der Waals surface area contributed by atoms with Crippen molar-refractivity contribution in [1.82, 2.24) is 5.32 Å². The van der Waals surface area contributed by atoms with Gasteiger partial charge in [-0.3, -0.25) is 9.59 Å². The monoisotopic (exact) mass is 430 g/mol. The summed E-state index contributed by atoms with van der Waals surface area (Å²) in [5.41, 5.74) is 1.40. The molecule has 0 unspecified atom stereocenters. The van der Waals surface area contributed by atoms with Crippen molar-refractivity contribution in [2.45, 2.75) is 26.2 Å². The van der Waals surface area contributed by atoms with Gasteiger partial charge in [0.25, 0.3) is 11.8 Å². The lowest BCUT2D eigenvalue weighted by Crippen LogP contribution is -2.25. The molecule has 30 heavy (non-hydrogen) atoms. The van der Waals surface area contributed by atoms with Gasteiger partial charge in [0.05, 0.1) is 19.4 Å². The number of hydrogen-bond acceptors (Lipinski definition) is 5. The summed E-state index contributed by atoms with van der Waals surface area (Å²) in [6.07, 6.45) is 5.28. The summed E-state index contributed by atoms with van der Waals surface area (Å²) in [6, 6.07) is 12.0. The molecular weight excluding hydrogens is 400 g/mol. The van der Waals surface area contributed by atoms with Gasteiger partial charge in [-0.1, -0.05) is 19.8 Å². The summed E-state index contributed by atoms with van der Waals surface area (Å²) < 4.78 is 11.0. The van der Waals surface area contributed by atoms with E-state index in [4.69, 9.17) is 9.47 Å². The highest BCUT2D eigenvalue weighted by Gasteiger charge is 2.13. The van der Waals surface area contributed by atoms with Crippen LogP contribution in [0.1, 0.15) is 46.9 Å². The van der Waals surface area contributed by atoms with Crippen LogP contribution in [0.4, 0.5) is 5.69 Å². The number of amides is 2. The minimum Gasteiger partial charge on any atom is -0.495 e. The number of anilines is 1. The van der Waals surface area contributed by atoms with Gasteiger partial charge in [-0.05, 0) is 55.1 Å². The Morgan fingerprint density at radius 2 is 1.73 bits per heavy atom. The van der Waals surface area contributed by atoms with Crippen LogP contribution in [0.5, 0.6) is 11.5 Å². The van der Waals surface area contributed by atoms with Gasteiger partial charge in [0.15, 0.2) is 0 Å². The maximum Gasteiger partial charge on any atom is 0.255 e. The molecule has 162 valence electrons. The molecule has 0 aliphatic carbocycles. The molecule has 7 heteroatoms. The summed E-state index contributed by atoms with van der Waals surface area (Å²) in [6.45, 7) is 3.40. The van der Waals surface area contributed by atoms with E-state index in [0.717, 1.165) is 30.8 Å². The first-order valence-corrected chi connectivity index (χ1v) is 11.5. The SMILES string of the molecule is CCCCCOc1ccc(C(=O)Nc2cc(C(=O)NCCSC)ccc2OC)cc1. The second-order valence-electron chi connectivity index (χ2n) is 6.70. The molecule has 6 nitrogen and oxygen atoms in total. The zero-order valence-corrected chi connectivity index (χ0v) is 18.6. The molecular formula is C23H30N2O4S. The first-order valence-electron chi connectivity index (χ1n) is 10.1. The third-order valence-electron chi connectivity index (χ3n) is 4.43. The van der Waals surface area contributed by atoms with Gasteiger partial charge in [-0.2, -0.15) is 11.8 Å². The smallest absolute Gasteiger partial charge is 0.255 e. The molecule has 0 spiro atoms. The average Bonchev–Trinajstić information content (AvgIpc) is 2.77. The third-order valence-corrected chi connectivity index (χ3v) is 5.05. The van der Waals surface area contributed by atoms with Crippen LogP contribution in [-0.2, 0) is 0 Å². The van der Waals surface area contributed by atoms with E-state index >= 15 is 0 Å². The molecule has 0 aromatic heterocycles. The van der Waals surface area contributed by atoms with Crippen molar-refractivity contribution in [3.63, 3.8) is 0 Å². The summed E-state index contributed by atoms with van der Waals surface area (Å²) in [5.74, 6) is 1.59. The molecule has 2 rings (SSSR count). The Morgan fingerprint density at radius 1 is 1.00 bits per heavy atom. The predicted molar refractivity (Wildman–Crippen MR) is 123 cm³/mol. The topological polar surface area (TPSA) is 76.7 Å². The van der Waals surface area contributed by atoms with Crippen molar-refractivity contribution in [2.75, 3.05) is 37.6 Å². The Labute approximate surface area is 182 Å². The van der Waals surface area contributed by atoms with Crippen molar-refractivity contribution in [3.05, 3.63) is 53.6 Å². The van der Waals surface area contributed by atoms with Crippen molar-refractivity contribution in [3.8, 4) is 11.5 Å². The van der Waals surface area contributed by atoms with Crippen LogP contribution in [0.2, 0.25) is 0 Å². The van der Waals surface area contributed by atoms with Crippen LogP contribution in [0, 0.1) is 0 Å². The third kappa shape index (κ3) is 7.30. The summed E-state index contributed by atoms with van der Waals surface area (Å²) >= 11 is 1.66. The average molecular weight is 431 g/mol. The largest absolute Gasteiger partial charge is 0.495 e. The molecule has 0 bridgehead atoms. The minimum absolute atomic E-state index is 0.188. The highest BCUT2D eigenvalue weighted by atomic mass is 32.2. The predicted octanol–water partition coefficient (Wildman–Crippen LogP) is 4.61. The number of rotatable bonds is 12. The van der Waals surface area contributed by atoms with E-state index < -0.39 is 0 Å². The molecule has 0 saturated heterocycles. The number of carbonyl (C=O) groups is 2. The molecule has 0 fully saturated rings. The maximum atomic E-state index is 12.7. The van der Waals surface area contributed by atoms with E-state index in [1.54, 1.807) is 54.2 Å². The quantitative estimate of drug-likeness (QED) is 0.481. The second kappa shape index (κ2) is 12.8. The molecule has 0 radical (unpaired) electrons. The number of hydrogen-bond donors (Lipinski definition) is 2. The number of nitrogens with one attached hydrogen (secondary N) is 2. The molecule has 0 heterocycles. The summed E-state index contributed by atoms with van der Waals surface area (Å²) in [4.78, 5) is 25.0. The van der Waals surface area contributed by atoms with Gasteiger partial charge in [0.1, 0.15) is 11.5 Å². The summed E-state index contributed by atoms with van der Waals surface area (Å²) in [5, 5.41) is 5.68. The van der Waals surface area contributed by atoms with Gasteiger partial charge in [-0.25, -0.2) is 0 Å². The first kappa shape index (κ1) is 23.6. The lowest BCUT2D eigenvalue weighted by atomic mass is 10.1. The normalized spacial score (nSPS) is 10.4. The van der Waals surface area contributed by atoms with E-state index in [2.05, 4.69) is 17.6 Å². The van der Waals surface area contributed by atoms with Gasteiger partial charge in [0, 0.05) is 23.4 Å². The van der Waals surface area contributed by atoms with Gasteiger partial charge < -0.3 is 20.1 Å². The first-order chi connectivity index (χ1) is 14.6. The molecule has 0 aliphatic rings. The molecule has 2 aromatic carbocycles. The van der Waals surface area contributed by atoms with Crippen LogP contribution < -0.4 is 20.1 Å². The Kier molecular flexibility index (Phi) is 10.1. The van der Waals surface area contributed by atoms with Crippen molar-refractivity contribution in [2.24, 2.45) is 0 Å². The lowest BCUT2D eigenvalue weighted by Gasteiger charge is -2.13. The maximum absolute atomic E-state index is 12.7. The molecule has 0 atom stereocenters. The minimum atomic E-state index is -0.286. The Morgan fingerprint density at radius 3 is 2.40 bits per heavy atom. The Bertz CT molecular complexity index is 824. The lowest BCUT2D eigenvalue weighted by molar-refractivity contribution is 0.0954. The standard InChI is InChI=1S/C23H30N2O4S/c1-4-5-6-14-29-19-10-7-17(8-11-19)23(27)25-20-16-18(9-12-21(20)28-2)22(26)24-13-15-30-3/h7-12,16H,4-6,13-15H2,1-3H3,(H,24,26)(H,25,27). The van der Waals surface area contributed by atoms with Crippen LogP contribution in [0.3, 0.4) is 0 Å². The van der Waals surface area contributed by atoms with Crippen LogP contribution >= 0.6 is 11.8 Å². The van der Waals surface area contributed by atoms with Gasteiger partial charge in [0.2, 0.25) is 0 Å². The van der Waals surface area contributed by atoms with E-state index in [-0.39, 0.29) is 11.8 Å². The molecule has 2 aromatic rings. The number of benzene rings is 2. The van der Waals surface area contributed by atoms with E-state index in [0.29, 0.717) is 35.7 Å². The fraction of sp³-hybridized carbons (Fsp3) is 0.391. The number of thioether (sulfide) groups is 1. The number of carbonyl (C=O) groups excluding carboxylic acids is 2. The number of methoxy groups -OCH3 is 1. The van der Waals surface area contributed by atoms with Crippen molar-refractivity contribution in [1.29, 1.82) is 0 Å². The molecule has 2 amide bonds. The molecule has 0 saturated carbocycles. The highest BCUT2D eigenvalue weighted by molar-refractivity contribution is 7.98. The Hall–Kier alpha value is -2.67. The highest BCUT2D eigenvalue weighted by Crippen LogP contribution is 2.26. The van der Waals surface area contributed by atoms with Gasteiger partial charge >= 0.3 is 0 Å². The fourth-order valence-corrected chi connectivity index (χ4v) is 3.06. The van der Waals surface area contributed by atoms with Crippen LogP contribution in [0.25, 0.3) is 0 Å². The summed E-state index contributed by atoms with van der Waals surface area (Å²) in [7, 11) is 1.52. The van der Waals surface area contributed by atoms with Gasteiger partial charge in [-0.15, -0.1) is 0 Å². The van der Waals surface area contributed by atoms with Crippen LogP contribution in [-0.4, -0.2) is 44.1 Å². The Balaban J connectivity index is 2.04. The van der Waals surface area contributed by atoms with E-state index in [9.17, 15) is 9.59 Å². The number of ether oxygens (including phenoxy) is 2. The van der Waals surface area contributed by atoms with E-state index in [1.165, 1.54) is 7.11 Å². The van der Waals surface area contributed by atoms with Crippen molar-refractivity contribution < 1.29 is 19.1 Å². The molecule has 0 aliphatic heterocycles. The zero-order chi connectivity index (χ0) is 21.8. The number of unbranched alkanes of at least 4 members (excludes halogenated alkanes) is 2. The molecule has 2 N–H and O–H groups in total.